The van der Waals surface area contributed by atoms with Gasteiger partial charge >= 0.3 is 0 Å². The van der Waals surface area contributed by atoms with Gasteiger partial charge in [0.15, 0.2) is 22.5 Å². The van der Waals surface area contributed by atoms with E-state index in [9.17, 15) is 14.4 Å². The van der Waals surface area contributed by atoms with Gasteiger partial charge in [-0.15, -0.1) is 0 Å². The highest BCUT2D eigenvalue weighted by Crippen LogP contribution is 2.32. The third kappa shape index (κ3) is 3.46. The van der Waals surface area contributed by atoms with Gasteiger partial charge in [0.05, 0.1) is 11.3 Å². The first kappa shape index (κ1) is 18.7. The van der Waals surface area contributed by atoms with E-state index < -0.39 is 0 Å². The lowest BCUT2D eigenvalue weighted by Crippen LogP contribution is -2.25. The molecule has 0 radical (unpaired) electrons. The lowest BCUT2D eigenvalue weighted by atomic mass is 9.83. The fraction of sp³-hybridized carbons (Fsp3) is 0.0435. The number of rotatable bonds is 3. The van der Waals surface area contributed by atoms with Crippen LogP contribution in [-0.4, -0.2) is 22.5 Å². The Morgan fingerprint density at radius 2 is 1.45 bits per heavy atom. The minimum absolute atomic E-state index is 0.0487. The summed E-state index contributed by atoms with van der Waals surface area (Å²) in [5.41, 5.74) is 3.10. The maximum atomic E-state index is 13.0. The molecule has 0 bridgehead atoms. The van der Waals surface area contributed by atoms with E-state index in [0.717, 1.165) is 0 Å². The third-order valence-corrected chi connectivity index (χ3v) is 4.93. The molecule has 0 aliphatic heterocycles. The Kier molecular flexibility index (Phi) is 4.78. The number of benzene rings is 3. The summed E-state index contributed by atoms with van der Waals surface area (Å²) in [6, 6.07) is 18.8. The molecule has 0 fully saturated rings. The first-order valence-electron chi connectivity index (χ1n) is 8.96. The molecule has 0 spiro atoms. The zero-order chi connectivity index (χ0) is 20.5. The molecule has 29 heavy (non-hydrogen) atoms. The Balaban J connectivity index is 1.63. The number of hydrogen-bond acceptors (Lipinski definition) is 4. The molecule has 3 aromatic carbocycles. The first-order chi connectivity index (χ1) is 14.0. The monoisotopic (exact) mass is 400 g/mol. The van der Waals surface area contributed by atoms with Gasteiger partial charge in [0.1, 0.15) is 0 Å². The summed E-state index contributed by atoms with van der Waals surface area (Å²) in [6.45, 7) is 1.49. The van der Waals surface area contributed by atoms with Crippen LogP contribution in [0.4, 0.5) is 11.4 Å². The summed E-state index contributed by atoms with van der Waals surface area (Å²) < 4.78 is 0. The van der Waals surface area contributed by atoms with Crippen LogP contribution in [0.25, 0.3) is 0 Å². The Morgan fingerprint density at radius 3 is 2.17 bits per heavy atom. The molecular weight excluding hydrogens is 384 g/mol. The van der Waals surface area contributed by atoms with Gasteiger partial charge in [-0.25, -0.2) is 0 Å². The Hall–Kier alpha value is -3.64. The molecule has 0 heterocycles. The number of nitrogens with one attached hydrogen (secondary N) is 2. The van der Waals surface area contributed by atoms with E-state index in [-0.39, 0.29) is 22.5 Å². The predicted molar refractivity (Wildman–Crippen MR) is 116 cm³/mol. The molecule has 0 saturated carbocycles. The van der Waals surface area contributed by atoms with Crippen LogP contribution in [0, 0.1) is 0 Å². The van der Waals surface area contributed by atoms with Gasteiger partial charge in [-0.1, -0.05) is 48.5 Å². The minimum Gasteiger partial charge on any atom is -0.332 e. The Labute approximate surface area is 172 Å². The molecule has 1 aliphatic carbocycles. The smallest absolute Gasteiger partial charge is 0.196 e. The van der Waals surface area contributed by atoms with Crippen molar-refractivity contribution in [1.82, 2.24) is 0 Å². The van der Waals surface area contributed by atoms with Gasteiger partial charge in [-0.05, 0) is 37.3 Å². The number of carbonyl (C=O) groups is 3. The highest BCUT2D eigenvalue weighted by molar-refractivity contribution is 7.80. The number of ketones is 3. The van der Waals surface area contributed by atoms with Crippen molar-refractivity contribution < 1.29 is 14.4 Å². The van der Waals surface area contributed by atoms with Crippen LogP contribution < -0.4 is 10.6 Å². The summed E-state index contributed by atoms with van der Waals surface area (Å²) in [5, 5.41) is 6.27. The molecule has 0 aromatic heterocycles. The van der Waals surface area contributed by atoms with Crippen LogP contribution >= 0.6 is 12.2 Å². The quantitative estimate of drug-likeness (QED) is 0.390. The maximum Gasteiger partial charge on any atom is 0.196 e. The molecule has 6 heteroatoms. The molecule has 3 aromatic rings. The number of hydrogen-bond donors (Lipinski definition) is 2. The van der Waals surface area contributed by atoms with Crippen molar-refractivity contribution >= 4 is 46.1 Å². The van der Waals surface area contributed by atoms with Gasteiger partial charge in [0.2, 0.25) is 0 Å². The zero-order valence-electron chi connectivity index (χ0n) is 15.5. The summed E-state index contributed by atoms with van der Waals surface area (Å²) in [7, 11) is 0. The van der Waals surface area contributed by atoms with Crippen molar-refractivity contribution in [3.63, 3.8) is 0 Å². The van der Waals surface area contributed by atoms with Crippen molar-refractivity contribution in [3.05, 3.63) is 94.5 Å². The fourth-order valence-corrected chi connectivity index (χ4v) is 3.58. The Bertz CT molecular complexity index is 1200. The number of carbonyl (C=O) groups excluding carboxylic acids is 3. The number of Topliss-reactive ketones (excluding diaryl/α,β-unsaturated/α-hetero) is 1. The molecule has 1 aliphatic rings. The van der Waals surface area contributed by atoms with Crippen LogP contribution in [0.5, 0.6) is 0 Å². The van der Waals surface area contributed by atoms with E-state index in [0.29, 0.717) is 39.2 Å². The molecule has 142 valence electrons. The second kappa shape index (κ2) is 7.41. The lowest BCUT2D eigenvalue weighted by Gasteiger charge is -2.21. The van der Waals surface area contributed by atoms with Crippen LogP contribution in [0.15, 0.2) is 66.7 Å². The lowest BCUT2D eigenvalue weighted by molar-refractivity contribution is 0.0979. The summed E-state index contributed by atoms with van der Waals surface area (Å²) in [6.07, 6.45) is 0. The Morgan fingerprint density at radius 1 is 0.793 bits per heavy atom. The highest BCUT2D eigenvalue weighted by Gasteiger charge is 2.31. The van der Waals surface area contributed by atoms with Crippen molar-refractivity contribution in [2.45, 2.75) is 6.92 Å². The van der Waals surface area contributed by atoms with Gasteiger partial charge in [0.25, 0.3) is 0 Å². The summed E-state index contributed by atoms with van der Waals surface area (Å²) in [4.78, 5) is 37.4. The normalized spacial score (nSPS) is 12.0. The average molecular weight is 400 g/mol. The van der Waals surface area contributed by atoms with Crippen molar-refractivity contribution in [1.29, 1.82) is 0 Å². The van der Waals surface area contributed by atoms with E-state index in [2.05, 4.69) is 10.6 Å². The standard InChI is InChI=1S/C23H16N2O3S/c1-13(26)14-6-4-7-15(12-14)24-23(29)25-19-11-5-10-18-20(19)22(28)17-9-3-2-8-16(17)21(18)27/h2-12H,1H3,(H2,24,25,29). The van der Waals surface area contributed by atoms with Gasteiger partial charge in [0, 0.05) is 27.9 Å². The van der Waals surface area contributed by atoms with Gasteiger partial charge < -0.3 is 10.6 Å². The first-order valence-corrected chi connectivity index (χ1v) is 9.37. The molecule has 5 nitrogen and oxygen atoms in total. The van der Waals surface area contributed by atoms with Crippen LogP contribution in [-0.2, 0) is 0 Å². The average Bonchev–Trinajstić information content (AvgIpc) is 2.72. The predicted octanol–water partition coefficient (Wildman–Crippen LogP) is 4.47. The van der Waals surface area contributed by atoms with Crippen LogP contribution in [0.1, 0.15) is 49.1 Å². The second-order valence-electron chi connectivity index (χ2n) is 6.65. The van der Waals surface area contributed by atoms with E-state index >= 15 is 0 Å². The molecule has 4 rings (SSSR count). The topological polar surface area (TPSA) is 75.3 Å². The van der Waals surface area contributed by atoms with E-state index in [4.69, 9.17) is 12.2 Å². The summed E-state index contributed by atoms with van der Waals surface area (Å²) >= 11 is 5.37. The zero-order valence-corrected chi connectivity index (χ0v) is 16.3. The van der Waals surface area contributed by atoms with Crippen molar-refractivity contribution in [2.24, 2.45) is 0 Å². The molecular formula is C23H16N2O3S. The number of fused-ring (bicyclic) bond motifs is 2. The van der Waals surface area contributed by atoms with Crippen LogP contribution in [0.2, 0.25) is 0 Å². The van der Waals surface area contributed by atoms with E-state index in [1.807, 2.05) is 0 Å². The van der Waals surface area contributed by atoms with Crippen LogP contribution in [0.3, 0.4) is 0 Å². The maximum absolute atomic E-state index is 13.0. The number of anilines is 2. The van der Waals surface area contributed by atoms with Crippen molar-refractivity contribution in [2.75, 3.05) is 10.6 Å². The summed E-state index contributed by atoms with van der Waals surface area (Å²) in [5.74, 6) is -0.459. The fourth-order valence-electron chi connectivity index (χ4n) is 3.35. The second-order valence-corrected chi connectivity index (χ2v) is 7.06. The van der Waals surface area contributed by atoms with Gasteiger partial charge in [-0.3, -0.25) is 14.4 Å². The molecule has 0 amide bonds. The highest BCUT2D eigenvalue weighted by atomic mass is 32.1. The number of thiocarbonyl (C=S) groups is 1. The molecule has 0 saturated heterocycles. The minimum atomic E-state index is -0.223. The van der Waals surface area contributed by atoms with E-state index in [1.165, 1.54) is 6.92 Å². The molecule has 2 N–H and O–H groups in total. The molecule has 0 unspecified atom stereocenters. The largest absolute Gasteiger partial charge is 0.332 e. The third-order valence-electron chi connectivity index (χ3n) is 4.73. The molecule has 0 atom stereocenters. The van der Waals surface area contributed by atoms with E-state index in [1.54, 1.807) is 66.7 Å². The van der Waals surface area contributed by atoms with Crippen molar-refractivity contribution in [3.8, 4) is 0 Å². The SMILES string of the molecule is CC(=O)c1cccc(NC(=S)Nc2cccc3c2C(=O)c2ccccc2C3=O)c1. The van der Waals surface area contributed by atoms with Gasteiger partial charge in [-0.2, -0.15) is 0 Å².